The van der Waals surface area contributed by atoms with Crippen molar-refractivity contribution in [3.05, 3.63) is 46.9 Å². The molecule has 2 aromatic rings. The third-order valence-electron chi connectivity index (χ3n) is 2.82. The fourth-order valence-electron chi connectivity index (χ4n) is 1.74. The zero-order valence-electron chi connectivity index (χ0n) is 13.6. The number of methoxy groups -OCH3 is 2. The second-order valence-electron chi connectivity index (χ2n) is 4.60. The molecular weight excluding hydrogens is 373 g/mol. The molecule has 0 radical (unpaired) electrons. The summed E-state index contributed by atoms with van der Waals surface area (Å²) in [5.41, 5.74) is 1.56. The van der Waals surface area contributed by atoms with Gasteiger partial charge in [0.05, 0.1) is 25.2 Å². The van der Waals surface area contributed by atoms with Crippen molar-refractivity contribution in [2.24, 2.45) is 0 Å². The molecular formula is C15H15F2N2O4PS. The van der Waals surface area contributed by atoms with E-state index >= 15 is 0 Å². The predicted octanol–water partition coefficient (Wildman–Crippen LogP) is 5.04. The third kappa shape index (κ3) is 7.52. The average molecular weight is 388 g/mol. The quantitative estimate of drug-likeness (QED) is 0.539. The number of diazo groups is 1. The van der Waals surface area contributed by atoms with Crippen molar-refractivity contribution in [2.75, 3.05) is 14.2 Å². The summed E-state index contributed by atoms with van der Waals surface area (Å²) >= 11 is 1.57. The fraction of sp³-hybridized carbons (Fsp3) is 0.200. The standard InChI is InChI=1S/C15H15N2O2S.F2HO2P/c1-10-4-6-11(7-5-10)20-15-9-13(18-2)12(17-16)8-14(15)19-3;1-5(2,3)4/h4-9H,1-3H3;(H,3,4)/q+1;/p-1. The Morgan fingerprint density at radius 3 is 2.08 bits per heavy atom. The number of halogens is 2. The number of ether oxygens (including phenoxy) is 2. The molecule has 10 heteroatoms. The minimum atomic E-state index is -5.89. The van der Waals surface area contributed by atoms with E-state index in [-0.39, 0.29) is 0 Å². The normalized spacial score (nSPS) is 10.3. The maximum atomic E-state index is 10.0. The second-order valence-corrected chi connectivity index (χ2v) is 6.55. The molecule has 0 fully saturated rings. The Bertz CT molecular complexity index is 798. The molecule has 2 rings (SSSR count). The predicted molar refractivity (Wildman–Crippen MR) is 89.4 cm³/mol. The van der Waals surface area contributed by atoms with Crippen LogP contribution < -0.4 is 14.4 Å². The molecule has 0 aromatic heterocycles. The van der Waals surface area contributed by atoms with E-state index in [2.05, 4.69) is 36.2 Å². The Morgan fingerprint density at radius 1 is 1.12 bits per heavy atom. The van der Waals surface area contributed by atoms with Crippen molar-refractivity contribution in [1.29, 1.82) is 5.39 Å². The Kier molecular flexibility index (Phi) is 7.84. The van der Waals surface area contributed by atoms with E-state index in [0.717, 1.165) is 9.79 Å². The molecule has 0 spiro atoms. The first kappa shape index (κ1) is 20.9. The zero-order chi connectivity index (χ0) is 19.0. The van der Waals surface area contributed by atoms with E-state index in [0.29, 0.717) is 17.2 Å². The van der Waals surface area contributed by atoms with Crippen molar-refractivity contribution >= 4 is 25.4 Å². The third-order valence-corrected chi connectivity index (χ3v) is 3.87. The molecule has 2 aromatic carbocycles. The number of nitrogens with zero attached hydrogens (tertiary/aromatic N) is 2. The van der Waals surface area contributed by atoms with Crippen LogP contribution in [0.4, 0.5) is 14.1 Å². The smallest absolute Gasteiger partial charge is 0.430 e. The van der Waals surface area contributed by atoms with E-state index in [1.807, 2.05) is 0 Å². The summed E-state index contributed by atoms with van der Waals surface area (Å²) in [6, 6.07) is 11.7. The fourth-order valence-corrected chi connectivity index (χ4v) is 2.68. The molecule has 6 nitrogen and oxygen atoms in total. The summed E-state index contributed by atoms with van der Waals surface area (Å²) in [5.74, 6) is 1.15. The van der Waals surface area contributed by atoms with Crippen LogP contribution >= 0.6 is 19.8 Å². The van der Waals surface area contributed by atoms with Crippen LogP contribution in [0.5, 0.6) is 11.5 Å². The molecule has 0 N–H and O–H groups in total. The minimum absolute atomic E-state index is 0.345. The number of hydrogen-bond acceptors (Lipinski definition) is 6. The molecule has 0 heterocycles. The van der Waals surface area contributed by atoms with Gasteiger partial charge in [-0.1, -0.05) is 29.5 Å². The maximum absolute atomic E-state index is 10.0. The van der Waals surface area contributed by atoms with Gasteiger partial charge in [-0.15, -0.1) is 0 Å². The molecule has 0 aliphatic rings. The highest BCUT2D eigenvalue weighted by Gasteiger charge is 2.20. The highest BCUT2D eigenvalue weighted by molar-refractivity contribution is 7.99. The summed E-state index contributed by atoms with van der Waals surface area (Å²) < 4.78 is 38.9. The molecule has 0 bridgehead atoms. The van der Waals surface area contributed by atoms with Gasteiger partial charge in [0.1, 0.15) is 5.75 Å². The molecule has 25 heavy (non-hydrogen) atoms. The van der Waals surface area contributed by atoms with Crippen LogP contribution in [0.1, 0.15) is 5.56 Å². The van der Waals surface area contributed by atoms with Crippen LogP contribution in [0, 0.1) is 12.3 Å². The molecule has 0 atom stereocenters. The Hall–Kier alpha value is -2.14. The van der Waals surface area contributed by atoms with Crippen LogP contribution in [0.3, 0.4) is 0 Å². The molecule has 0 amide bonds. The van der Waals surface area contributed by atoms with Gasteiger partial charge in [0.2, 0.25) is 11.1 Å². The molecule has 0 saturated carbocycles. The van der Waals surface area contributed by atoms with Crippen molar-refractivity contribution in [3.63, 3.8) is 0 Å². The van der Waals surface area contributed by atoms with Gasteiger partial charge < -0.3 is 14.4 Å². The summed E-state index contributed by atoms with van der Waals surface area (Å²) in [7, 11) is -2.76. The lowest BCUT2D eigenvalue weighted by Crippen LogP contribution is -1.89. The van der Waals surface area contributed by atoms with Crippen LogP contribution in [0.15, 0.2) is 46.2 Å². The summed E-state index contributed by atoms with van der Waals surface area (Å²) in [4.78, 5) is 13.5. The lowest BCUT2D eigenvalue weighted by Gasteiger charge is -2.08. The first-order valence-corrected chi connectivity index (χ1v) is 8.96. The summed E-state index contributed by atoms with van der Waals surface area (Å²) in [6.45, 7) is 2.05. The molecule has 0 aliphatic carbocycles. The van der Waals surface area contributed by atoms with Gasteiger partial charge in [0.25, 0.3) is 0 Å². The van der Waals surface area contributed by atoms with E-state index in [4.69, 9.17) is 24.3 Å². The van der Waals surface area contributed by atoms with Crippen molar-refractivity contribution in [1.82, 2.24) is 0 Å². The van der Waals surface area contributed by atoms with E-state index < -0.39 is 7.99 Å². The van der Waals surface area contributed by atoms with Crippen molar-refractivity contribution in [3.8, 4) is 11.5 Å². The molecule has 0 aliphatic heterocycles. The Morgan fingerprint density at radius 2 is 1.64 bits per heavy atom. The topological polar surface area (TPSA) is 86.7 Å². The van der Waals surface area contributed by atoms with Crippen LogP contribution in [-0.4, -0.2) is 14.2 Å². The van der Waals surface area contributed by atoms with Crippen LogP contribution in [-0.2, 0) is 4.57 Å². The molecule has 0 unspecified atom stereocenters. The van der Waals surface area contributed by atoms with Gasteiger partial charge >= 0.3 is 13.7 Å². The van der Waals surface area contributed by atoms with Crippen LogP contribution in [0.2, 0.25) is 0 Å². The molecule has 134 valence electrons. The molecule has 0 saturated heterocycles. The number of benzene rings is 2. The summed E-state index contributed by atoms with van der Waals surface area (Å²) in [5, 5.41) is 8.96. The van der Waals surface area contributed by atoms with E-state index in [9.17, 15) is 8.39 Å². The van der Waals surface area contributed by atoms with Gasteiger partial charge in [-0.2, -0.15) is 8.39 Å². The monoisotopic (exact) mass is 388 g/mol. The maximum Gasteiger partial charge on any atom is 0.430 e. The van der Waals surface area contributed by atoms with Gasteiger partial charge in [-0.05, 0) is 19.1 Å². The largest absolute Gasteiger partial charge is 0.749 e. The number of aryl methyl sites for hydroxylation is 1. The first-order valence-electron chi connectivity index (χ1n) is 6.74. The SMILES string of the molecule is COc1cc(Sc2ccc(C)cc2)c(OC)cc1[N+]#N.O=P([O-])(F)F. The second kappa shape index (κ2) is 9.37. The highest BCUT2D eigenvalue weighted by atomic mass is 32.2. The van der Waals surface area contributed by atoms with Gasteiger partial charge in [-0.25, -0.2) is 0 Å². The highest BCUT2D eigenvalue weighted by Crippen LogP contribution is 2.42. The van der Waals surface area contributed by atoms with Gasteiger partial charge in [0.15, 0.2) is 4.98 Å². The number of hydrogen-bond donors (Lipinski definition) is 0. The van der Waals surface area contributed by atoms with Crippen molar-refractivity contribution in [2.45, 2.75) is 16.7 Å². The van der Waals surface area contributed by atoms with E-state index in [1.165, 1.54) is 12.7 Å². The lowest BCUT2D eigenvalue weighted by atomic mass is 10.2. The number of rotatable bonds is 4. The minimum Gasteiger partial charge on any atom is -0.749 e. The lowest BCUT2D eigenvalue weighted by molar-refractivity contribution is -0.198. The van der Waals surface area contributed by atoms with Gasteiger partial charge in [0, 0.05) is 11.0 Å². The zero-order valence-corrected chi connectivity index (χ0v) is 15.3. The Labute approximate surface area is 148 Å². The average Bonchev–Trinajstić information content (AvgIpc) is 2.55. The van der Waals surface area contributed by atoms with Gasteiger partial charge in [-0.3, -0.25) is 4.57 Å². The van der Waals surface area contributed by atoms with Crippen LogP contribution in [0.25, 0.3) is 4.98 Å². The summed E-state index contributed by atoms with van der Waals surface area (Å²) in [6.07, 6.45) is 0. The first-order chi connectivity index (χ1) is 11.7. The van der Waals surface area contributed by atoms with E-state index in [1.54, 1.807) is 31.0 Å². The van der Waals surface area contributed by atoms with Crippen molar-refractivity contribution < 1.29 is 27.3 Å². The Balaban J connectivity index is 0.000000550.